The normalized spacial score (nSPS) is 21.0. The number of amides is 1. The number of cyclic esters (lactones) is 1. The van der Waals surface area contributed by atoms with Gasteiger partial charge in [-0.15, -0.1) is 0 Å². The second-order valence-electron chi connectivity index (χ2n) is 8.07. The Balaban J connectivity index is 1.88. The van der Waals surface area contributed by atoms with Crippen LogP contribution < -0.4 is 0 Å². The van der Waals surface area contributed by atoms with E-state index in [1.165, 1.54) is 0 Å². The van der Waals surface area contributed by atoms with Gasteiger partial charge in [-0.05, 0) is 44.0 Å². The monoisotopic (exact) mass is 440 g/mol. The topological polar surface area (TPSA) is 53.3 Å². The molecule has 2 aromatic rings. The molecule has 0 N–H and O–H groups in total. The summed E-state index contributed by atoms with van der Waals surface area (Å²) in [5.41, 5.74) is 0.621. The molecular weight excluding hydrogens is 416 g/mol. The van der Waals surface area contributed by atoms with Gasteiger partial charge < -0.3 is 9.64 Å². The van der Waals surface area contributed by atoms with Crippen LogP contribution in [0.15, 0.2) is 59.1 Å². The van der Waals surface area contributed by atoms with Crippen molar-refractivity contribution < 1.29 is 9.53 Å². The van der Waals surface area contributed by atoms with Crippen molar-refractivity contribution in [1.82, 2.24) is 4.90 Å². The van der Waals surface area contributed by atoms with Gasteiger partial charge in [0, 0.05) is 23.9 Å². The molecule has 1 saturated heterocycles. The Kier molecular flexibility index (Phi) is 5.81. The maximum absolute atomic E-state index is 13.1. The van der Waals surface area contributed by atoms with Crippen molar-refractivity contribution in [3.8, 4) is 6.07 Å². The van der Waals surface area contributed by atoms with Gasteiger partial charge in [0.05, 0.1) is 17.5 Å². The molecule has 1 aliphatic heterocycles. The summed E-state index contributed by atoms with van der Waals surface area (Å²) < 4.78 is 7.11. The van der Waals surface area contributed by atoms with E-state index in [2.05, 4.69) is 22.0 Å². The second kappa shape index (κ2) is 7.97. The molecule has 146 valence electrons. The van der Waals surface area contributed by atoms with E-state index in [1.54, 1.807) is 4.90 Å². The summed E-state index contributed by atoms with van der Waals surface area (Å²) >= 11 is 3.45. The van der Waals surface area contributed by atoms with Crippen LogP contribution in [-0.4, -0.2) is 17.5 Å². The fraction of sp³-hybridized carbons (Fsp3) is 0.391. The van der Waals surface area contributed by atoms with Gasteiger partial charge in [-0.3, -0.25) is 0 Å². The maximum atomic E-state index is 13.1. The number of nitriles is 1. The zero-order valence-corrected chi connectivity index (χ0v) is 18.1. The molecule has 0 aliphatic carbocycles. The summed E-state index contributed by atoms with van der Waals surface area (Å²) in [4.78, 5) is 14.8. The van der Waals surface area contributed by atoms with Crippen LogP contribution in [-0.2, 0) is 10.3 Å². The molecule has 1 amide bonds. The van der Waals surface area contributed by atoms with Crippen molar-refractivity contribution >= 4 is 22.0 Å². The summed E-state index contributed by atoms with van der Waals surface area (Å²) in [5.74, 6) is 0. The molecule has 5 heteroatoms. The number of rotatable bonds is 5. The molecule has 4 nitrogen and oxygen atoms in total. The van der Waals surface area contributed by atoms with Gasteiger partial charge in [0.15, 0.2) is 0 Å². The van der Waals surface area contributed by atoms with E-state index in [0.29, 0.717) is 19.4 Å². The lowest BCUT2D eigenvalue weighted by Gasteiger charge is -2.45. The van der Waals surface area contributed by atoms with Gasteiger partial charge in [0.25, 0.3) is 0 Å². The Morgan fingerprint density at radius 2 is 1.86 bits per heavy atom. The van der Waals surface area contributed by atoms with Crippen LogP contribution in [0, 0.1) is 16.7 Å². The van der Waals surface area contributed by atoms with Gasteiger partial charge in [-0.25, -0.2) is 4.79 Å². The first kappa shape index (κ1) is 20.4. The molecule has 0 spiro atoms. The fourth-order valence-corrected chi connectivity index (χ4v) is 4.13. The second-order valence-corrected chi connectivity index (χ2v) is 8.99. The average Bonchev–Trinajstić information content (AvgIpc) is 2.68. The molecule has 0 aromatic heterocycles. The molecule has 1 aliphatic rings. The minimum atomic E-state index is -0.784. The van der Waals surface area contributed by atoms with Crippen LogP contribution in [0.2, 0.25) is 0 Å². The molecule has 3 rings (SSSR count). The van der Waals surface area contributed by atoms with Gasteiger partial charge in [-0.2, -0.15) is 5.26 Å². The van der Waals surface area contributed by atoms with Crippen molar-refractivity contribution in [3.05, 3.63) is 70.2 Å². The Hall–Kier alpha value is -2.32. The molecule has 28 heavy (non-hydrogen) atoms. The number of carbonyl (C=O) groups excluding carboxylic acids is 1. The Morgan fingerprint density at radius 1 is 1.21 bits per heavy atom. The highest BCUT2D eigenvalue weighted by Gasteiger charge is 2.46. The van der Waals surface area contributed by atoms with Crippen LogP contribution in [0.4, 0.5) is 4.79 Å². The SMILES string of the molecule is CC(c1ccc(Br)cc1)N1CCC(CC(C)(C)C#N)(c2ccccc2)OC1=O. The Bertz CT molecular complexity index is 874. The molecule has 2 atom stereocenters. The molecular formula is C23H25BrN2O2. The predicted octanol–water partition coefficient (Wildman–Crippen LogP) is 6.19. The lowest BCUT2D eigenvalue weighted by molar-refractivity contribution is -0.0770. The van der Waals surface area contributed by atoms with Crippen LogP contribution >= 0.6 is 15.9 Å². The zero-order valence-electron chi connectivity index (χ0n) is 16.5. The molecule has 2 unspecified atom stereocenters. The van der Waals surface area contributed by atoms with Crippen molar-refractivity contribution in [1.29, 1.82) is 5.26 Å². The standard InChI is InChI=1S/C23H25BrN2O2/c1-17(18-9-11-20(24)12-10-18)26-14-13-23(28-21(26)27,15-22(2,3)16-25)19-7-5-4-6-8-19/h4-12,17H,13-15H2,1-3H3. The van der Waals surface area contributed by atoms with Gasteiger partial charge in [0.2, 0.25) is 0 Å². The van der Waals surface area contributed by atoms with Crippen molar-refractivity contribution in [2.45, 2.75) is 45.3 Å². The number of hydrogen-bond donors (Lipinski definition) is 0. The minimum Gasteiger partial charge on any atom is -0.438 e. The molecule has 0 saturated carbocycles. The largest absolute Gasteiger partial charge is 0.438 e. The van der Waals surface area contributed by atoms with E-state index in [-0.39, 0.29) is 12.1 Å². The summed E-state index contributed by atoms with van der Waals surface area (Å²) in [6.45, 7) is 6.37. The van der Waals surface area contributed by atoms with E-state index < -0.39 is 11.0 Å². The first-order valence-electron chi connectivity index (χ1n) is 9.48. The Morgan fingerprint density at radius 3 is 2.43 bits per heavy atom. The first-order valence-corrected chi connectivity index (χ1v) is 10.3. The third-order valence-corrected chi connectivity index (χ3v) is 5.95. The van der Waals surface area contributed by atoms with E-state index >= 15 is 0 Å². The summed E-state index contributed by atoms with van der Waals surface area (Å²) in [6, 6.07) is 20.0. The smallest absolute Gasteiger partial charge is 0.411 e. The minimum absolute atomic E-state index is 0.0849. The highest BCUT2D eigenvalue weighted by Crippen LogP contribution is 2.44. The molecule has 1 fully saturated rings. The summed E-state index contributed by atoms with van der Waals surface area (Å²) in [7, 11) is 0. The van der Waals surface area contributed by atoms with Crippen LogP contribution in [0.3, 0.4) is 0 Å². The third-order valence-electron chi connectivity index (χ3n) is 5.42. The van der Waals surface area contributed by atoms with Crippen LogP contribution in [0.1, 0.15) is 50.8 Å². The highest BCUT2D eigenvalue weighted by molar-refractivity contribution is 9.10. The third kappa shape index (κ3) is 4.23. The lowest BCUT2D eigenvalue weighted by Crippen LogP contribution is -2.50. The summed E-state index contributed by atoms with van der Waals surface area (Å²) in [6.07, 6.45) is 0.779. The van der Waals surface area contributed by atoms with E-state index in [0.717, 1.165) is 15.6 Å². The lowest BCUT2D eigenvalue weighted by atomic mass is 9.75. The zero-order chi connectivity index (χ0) is 20.4. The summed E-state index contributed by atoms with van der Waals surface area (Å²) in [5, 5.41) is 9.56. The number of ether oxygens (including phenoxy) is 1. The average molecular weight is 441 g/mol. The van der Waals surface area contributed by atoms with Gasteiger partial charge in [-0.1, -0.05) is 58.4 Å². The van der Waals surface area contributed by atoms with Crippen LogP contribution in [0.5, 0.6) is 0 Å². The van der Waals surface area contributed by atoms with Gasteiger partial charge in [0.1, 0.15) is 5.60 Å². The molecule has 0 radical (unpaired) electrons. The molecule has 2 aromatic carbocycles. The maximum Gasteiger partial charge on any atom is 0.411 e. The van der Waals surface area contributed by atoms with Crippen molar-refractivity contribution in [3.63, 3.8) is 0 Å². The highest BCUT2D eigenvalue weighted by atomic mass is 79.9. The van der Waals surface area contributed by atoms with E-state index in [9.17, 15) is 10.1 Å². The van der Waals surface area contributed by atoms with Crippen LogP contribution in [0.25, 0.3) is 0 Å². The van der Waals surface area contributed by atoms with E-state index in [4.69, 9.17) is 4.74 Å². The first-order chi connectivity index (χ1) is 13.3. The molecule has 0 bridgehead atoms. The molecule has 1 heterocycles. The number of benzene rings is 2. The Labute approximate surface area is 175 Å². The number of carbonyl (C=O) groups is 1. The van der Waals surface area contributed by atoms with Crippen molar-refractivity contribution in [2.75, 3.05) is 6.54 Å². The van der Waals surface area contributed by atoms with E-state index in [1.807, 2.05) is 75.4 Å². The predicted molar refractivity (Wildman–Crippen MR) is 112 cm³/mol. The quantitative estimate of drug-likeness (QED) is 0.556. The van der Waals surface area contributed by atoms with Gasteiger partial charge >= 0.3 is 6.09 Å². The number of nitrogens with zero attached hydrogens (tertiary/aromatic N) is 2. The fourth-order valence-electron chi connectivity index (χ4n) is 3.87. The number of halogens is 1. The number of hydrogen-bond acceptors (Lipinski definition) is 3. The van der Waals surface area contributed by atoms with Crippen molar-refractivity contribution in [2.24, 2.45) is 5.41 Å².